The van der Waals surface area contributed by atoms with E-state index in [-0.39, 0.29) is 5.91 Å². The lowest BCUT2D eigenvalue weighted by molar-refractivity contribution is 0.0679. The van der Waals surface area contributed by atoms with E-state index in [0.29, 0.717) is 6.04 Å². The van der Waals surface area contributed by atoms with Crippen LogP contribution in [0.5, 0.6) is 0 Å². The first-order valence-corrected chi connectivity index (χ1v) is 9.29. The molecule has 2 fully saturated rings. The van der Waals surface area contributed by atoms with Crippen molar-refractivity contribution in [3.8, 4) is 0 Å². The molecule has 0 aromatic carbocycles. The van der Waals surface area contributed by atoms with E-state index in [1.807, 2.05) is 29.6 Å². The van der Waals surface area contributed by atoms with Crippen LogP contribution in [0, 0.1) is 0 Å². The second-order valence-corrected chi connectivity index (χ2v) is 6.98. The first-order valence-electron chi connectivity index (χ1n) is 9.29. The Morgan fingerprint density at radius 3 is 2.76 bits per heavy atom. The van der Waals surface area contributed by atoms with Crippen LogP contribution in [0.1, 0.15) is 48.5 Å². The molecular weight excluding hydrogens is 314 g/mol. The van der Waals surface area contributed by atoms with Crippen LogP contribution in [-0.2, 0) is 0 Å². The van der Waals surface area contributed by atoms with E-state index in [2.05, 4.69) is 19.4 Å². The lowest BCUT2D eigenvalue weighted by atomic mass is 10.0. The minimum atomic E-state index is 0.110. The predicted octanol–water partition coefficient (Wildman–Crippen LogP) is 2.75. The zero-order valence-electron chi connectivity index (χ0n) is 14.5. The Labute approximate surface area is 148 Å². The fraction of sp³-hybridized carbons (Fsp3) is 0.526. The van der Waals surface area contributed by atoms with Gasteiger partial charge in [0.15, 0.2) is 0 Å². The Kier molecular flexibility index (Phi) is 4.68. The molecule has 4 heterocycles. The highest BCUT2D eigenvalue weighted by Crippen LogP contribution is 2.26. The summed E-state index contributed by atoms with van der Waals surface area (Å²) >= 11 is 0. The zero-order chi connectivity index (χ0) is 17.1. The Hall–Kier alpha value is -2.37. The van der Waals surface area contributed by atoms with Crippen LogP contribution >= 0.6 is 0 Å². The molecule has 0 unspecified atom stereocenters. The molecule has 2 saturated heterocycles. The van der Waals surface area contributed by atoms with E-state index < -0.39 is 0 Å². The maximum absolute atomic E-state index is 13.2. The maximum atomic E-state index is 13.2. The summed E-state index contributed by atoms with van der Waals surface area (Å²) in [6.45, 7) is 3.55. The summed E-state index contributed by atoms with van der Waals surface area (Å²) in [5, 5.41) is 0. The zero-order valence-corrected chi connectivity index (χ0v) is 14.5. The standard InChI is InChI=1S/C19H25N5O/c25-19(23-12-5-6-16(14-23)24-13-9-20-15-24)17-7-4-8-21-18(17)22-10-2-1-3-11-22/h4,7-9,13,15-16H,1-3,5-6,10-12,14H2/t16-/m1/s1. The molecule has 0 N–H and O–H groups in total. The van der Waals surface area contributed by atoms with E-state index in [4.69, 9.17) is 0 Å². The third-order valence-electron chi connectivity index (χ3n) is 5.30. The largest absolute Gasteiger partial charge is 0.356 e. The van der Waals surface area contributed by atoms with Crippen molar-refractivity contribution in [3.05, 3.63) is 42.6 Å². The fourth-order valence-electron chi connectivity index (χ4n) is 3.96. The van der Waals surface area contributed by atoms with Crippen LogP contribution in [-0.4, -0.2) is 51.5 Å². The number of rotatable bonds is 3. The van der Waals surface area contributed by atoms with Crippen molar-refractivity contribution in [1.82, 2.24) is 19.4 Å². The van der Waals surface area contributed by atoms with Crippen molar-refractivity contribution in [3.63, 3.8) is 0 Å². The fourth-order valence-corrected chi connectivity index (χ4v) is 3.96. The number of carbonyl (C=O) groups is 1. The van der Waals surface area contributed by atoms with E-state index in [1.165, 1.54) is 19.3 Å². The molecule has 1 amide bonds. The summed E-state index contributed by atoms with van der Waals surface area (Å²) in [5.41, 5.74) is 0.746. The Balaban J connectivity index is 1.54. The summed E-state index contributed by atoms with van der Waals surface area (Å²) in [6, 6.07) is 4.12. The molecule has 0 spiro atoms. The number of imidazole rings is 1. The van der Waals surface area contributed by atoms with Crippen LogP contribution in [0.15, 0.2) is 37.1 Å². The number of pyridine rings is 1. The first-order chi connectivity index (χ1) is 12.3. The number of piperidine rings is 2. The molecule has 6 heteroatoms. The Morgan fingerprint density at radius 2 is 1.96 bits per heavy atom. The number of carbonyl (C=O) groups excluding carboxylic acids is 1. The van der Waals surface area contributed by atoms with Gasteiger partial charge in [-0.05, 0) is 44.2 Å². The molecular formula is C19H25N5O. The number of amides is 1. The van der Waals surface area contributed by atoms with Crippen molar-refractivity contribution in [2.24, 2.45) is 0 Å². The molecule has 6 nitrogen and oxygen atoms in total. The minimum Gasteiger partial charge on any atom is -0.356 e. The molecule has 0 aliphatic carbocycles. The molecule has 2 aliphatic rings. The maximum Gasteiger partial charge on any atom is 0.257 e. The molecule has 0 bridgehead atoms. The van der Waals surface area contributed by atoms with Crippen molar-refractivity contribution >= 4 is 11.7 Å². The van der Waals surface area contributed by atoms with Crippen LogP contribution < -0.4 is 4.90 Å². The van der Waals surface area contributed by atoms with Crippen LogP contribution in [0.2, 0.25) is 0 Å². The number of aromatic nitrogens is 3. The average Bonchev–Trinajstić information content (AvgIpc) is 3.23. The van der Waals surface area contributed by atoms with Crippen LogP contribution in [0.25, 0.3) is 0 Å². The average molecular weight is 339 g/mol. The van der Waals surface area contributed by atoms with Gasteiger partial charge in [0.2, 0.25) is 0 Å². The number of nitrogens with zero attached hydrogens (tertiary/aromatic N) is 5. The molecule has 2 aromatic heterocycles. The van der Waals surface area contributed by atoms with Gasteiger partial charge in [-0.25, -0.2) is 9.97 Å². The van der Waals surface area contributed by atoms with Crippen molar-refractivity contribution < 1.29 is 4.79 Å². The van der Waals surface area contributed by atoms with E-state index in [1.54, 1.807) is 12.4 Å². The van der Waals surface area contributed by atoms with Gasteiger partial charge < -0.3 is 14.4 Å². The van der Waals surface area contributed by atoms with Gasteiger partial charge in [0.05, 0.1) is 17.9 Å². The minimum absolute atomic E-state index is 0.110. The number of hydrogen-bond acceptors (Lipinski definition) is 4. The quantitative estimate of drug-likeness (QED) is 0.863. The smallest absolute Gasteiger partial charge is 0.257 e. The van der Waals surface area contributed by atoms with Gasteiger partial charge >= 0.3 is 0 Å². The summed E-state index contributed by atoms with van der Waals surface area (Å²) < 4.78 is 2.12. The highest BCUT2D eigenvalue weighted by Gasteiger charge is 2.28. The van der Waals surface area contributed by atoms with E-state index in [9.17, 15) is 4.79 Å². The van der Waals surface area contributed by atoms with Gasteiger partial charge in [-0.1, -0.05) is 0 Å². The van der Waals surface area contributed by atoms with Gasteiger partial charge in [0, 0.05) is 44.8 Å². The number of likely N-dealkylation sites (tertiary alicyclic amines) is 1. The molecule has 4 rings (SSSR count). The second-order valence-electron chi connectivity index (χ2n) is 6.98. The number of hydrogen-bond donors (Lipinski definition) is 0. The molecule has 132 valence electrons. The summed E-state index contributed by atoms with van der Waals surface area (Å²) in [6.07, 6.45) is 13.2. The normalized spacial score (nSPS) is 21.4. The molecule has 2 aliphatic heterocycles. The van der Waals surface area contributed by atoms with Crippen molar-refractivity contribution in [2.45, 2.75) is 38.1 Å². The highest BCUT2D eigenvalue weighted by atomic mass is 16.2. The monoisotopic (exact) mass is 339 g/mol. The van der Waals surface area contributed by atoms with Crippen molar-refractivity contribution in [1.29, 1.82) is 0 Å². The van der Waals surface area contributed by atoms with Gasteiger partial charge in [0.25, 0.3) is 5.91 Å². The van der Waals surface area contributed by atoms with E-state index in [0.717, 1.165) is 50.4 Å². The Morgan fingerprint density at radius 1 is 1.08 bits per heavy atom. The van der Waals surface area contributed by atoms with Gasteiger partial charge in [-0.3, -0.25) is 4.79 Å². The van der Waals surface area contributed by atoms with Crippen molar-refractivity contribution in [2.75, 3.05) is 31.1 Å². The predicted molar refractivity (Wildman–Crippen MR) is 96.7 cm³/mol. The molecule has 0 radical (unpaired) electrons. The Bertz CT molecular complexity index is 708. The third kappa shape index (κ3) is 3.38. The molecule has 2 aromatic rings. The molecule has 1 atom stereocenters. The molecule has 0 saturated carbocycles. The molecule has 25 heavy (non-hydrogen) atoms. The van der Waals surface area contributed by atoms with E-state index >= 15 is 0 Å². The first kappa shape index (κ1) is 16.1. The third-order valence-corrected chi connectivity index (χ3v) is 5.30. The highest BCUT2D eigenvalue weighted by molar-refractivity contribution is 5.99. The second kappa shape index (κ2) is 7.25. The SMILES string of the molecule is O=C(c1cccnc1N1CCCCC1)N1CCC[C@@H](n2ccnc2)C1. The van der Waals surface area contributed by atoms with Gasteiger partial charge in [0.1, 0.15) is 5.82 Å². The van der Waals surface area contributed by atoms with Crippen LogP contribution in [0.3, 0.4) is 0 Å². The van der Waals surface area contributed by atoms with Gasteiger partial charge in [-0.15, -0.1) is 0 Å². The topological polar surface area (TPSA) is 54.3 Å². The lowest BCUT2D eigenvalue weighted by Gasteiger charge is -2.35. The summed E-state index contributed by atoms with van der Waals surface area (Å²) in [5.74, 6) is 0.968. The lowest BCUT2D eigenvalue weighted by Crippen LogP contribution is -2.41. The van der Waals surface area contributed by atoms with Crippen LogP contribution in [0.4, 0.5) is 5.82 Å². The summed E-state index contributed by atoms with van der Waals surface area (Å²) in [7, 11) is 0. The number of anilines is 1. The summed E-state index contributed by atoms with van der Waals surface area (Å²) in [4.78, 5) is 26.2. The van der Waals surface area contributed by atoms with Gasteiger partial charge in [-0.2, -0.15) is 0 Å².